The van der Waals surface area contributed by atoms with Crippen LogP contribution in [-0.4, -0.2) is 23.9 Å². The number of hydrogen-bond acceptors (Lipinski definition) is 1. The fraction of sp³-hybridized carbons (Fsp3) is 0.750. The fourth-order valence-electron chi connectivity index (χ4n) is 4.73. The Morgan fingerprint density at radius 1 is 1.23 bits per heavy atom. The number of carbonyl (C=O) groups excluding carboxylic acids is 1. The number of allylic oxidation sites excluding steroid dienone is 4. The van der Waals surface area contributed by atoms with Gasteiger partial charge in [0.2, 0.25) is 5.91 Å². The number of carbonyl (C=O) groups is 1. The van der Waals surface area contributed by atoms with Gasteiger partial charge in [0.15, 0.2) is 0 Å². The molecule has 3 rings (SSSR count). The maximum Gasteiger partial charge on any atom is 0.226 e. The van der Waals surface area contributed by atoms with Crippen molar-refractivity contribution >= 4 is 5.91 Å². The predicted molar refractivity (Wildman–Crippen MR) is 91.4 cm³/mol. The summed E-state index contributed by atoms with van der Waals surface area (Å²) in [7, 11) is 0. The lowest BCUT2D eigenvalue weighted by atomic mass is 9.71. The smallest absolute Gasteiger partial charge is 0.226 e. The Morgan fingerprint density at radius 3 is 2.64 bits per heavy atom. The van der Waals surface area contributed by atoms with E-state index in [0.29, 0.717) is 17.2 Å². The predicted octanol–water partition coefficient (Wildman–Crippen LogP) is 4.57. The summed E-state index contributed by atoms with van der Waals surface area (Å²) in [4.78, 5) is 15.3. The van der Waals surface area contributed by atoms with Crippen LogP contribution in [0.25, 0.3) is 0 Å². The van der Waals surface area contributed by atoms with Crippen LogP contribution in [0.4, 0.5) is 0 Å². The lowest BCUT2D eigenvalue weighted by Crippen LogP contribution is -2.47. The van der Waals surface area contributed by atoms with Gasteiger partial charge in [-0.3, -0.25) is 4.79 Å². The average molecular weight is 301 g/mol. The van der Waals surface area contributed by atoms with Gasteiger partial charge in [-0.2, -0.15) is 0 Å². The summed E-state index contributed by atoms with van der Waals surface area (Å²) in [6.07, 6.45) is 13.1. The largest absolute Gasteiger partial charge is 0.342 e. The van der Waals surface area contributed by atoms with Gasteiger partial charge in [-0.1, -0.05) is 37.6 Å². The number of rotatable bonds is 2. The zero-order valence-electron chi connectivity index (χ0n) is 14.7. The van der Waals surface area contributed by atoms with Gasteiger partial charge in [-0.25, -0.2) is 0 Å². The molecule has 1 saturated heterocycles. The van der Waals surface area contributed by atoms with E-state index in [9.17, 15) is 4.79 Å². The Labute approximate surface area is 135 Å². The molecule has 3 aliphatic rings. The molecule has 1 heterocycles. The molecule has 0 N–H and O–H groups in total. The van der Waals surface area contributed by atoms with Crippen LogP contribution >= 0.6 is 0 Å². The van der Waals surface area contributed by atoms with Gasteiger partial charge >= 0.3 is 0 Å². The molecule has 1 amide bonds. The highest BCUT2D eigenvalue weighted by atomic mass is 16.2. The lowest BCUT2D eigenvalue weighted by molar-refractivity contribution is -0.137. The molecule has 22 heavy (non-hydrogen) atoms. The van der Waals surface area contributed by atoms with Gasteiger partial charge in [0.05, 0.1) is 5.92 Å². The second kappa shape index (κ2) is 5.54. The van der Waals surface area contributed by atoms with E-state index in [2.05, 4.69) is 50.8 Å². The molecule has 2 fully saturated rings. The van der Waals surface area contributed by atoms with Crippen LogP contribution in [0.15, 0.2) is 23.8 Å². The molecule has 1 saturated carbocycles. The van der Waals surface area contributed by atoms with Crippen LogP contribution < -0.4 is 0 Å². The number of amides is 1. The van der Waals surface area contributed by atoms with Gasteiger partial charge in [-0.05, 0) is 62.7 Å². The first-order valence-electron chi connectivity index (χ1n) is 8.95. The molecule has 122 valence electrons. The van der Waals surface area contributed by atoms with Crippen LogP contribution in [-0.2, 0) is 4.79 Å². The standard InChI is InChI=1S/C20H31NO/c1-15(2)13-16-17(19(16,3)4)18(22)21-12-8-11-20(14-21)9-6-5-7-10-20/h5-6,13,16-17H,7-12,14H2,1-4H3/t16-,17+,20-/m1/s1. The maximum atomic E-state index is 13.1. The third kappa shape index (κ3) is 2.77. The fourth-order valence-corrected chi connectivity index (χ4v) is 4.73. The van der Waals surface area contributed by atoms with E-state index in [0.717, 1.165) is 13.1 Å². The molecule has 0 aromatic heterocycles. The first-order valence-corrected chi connectivity index (χ1v) is 8.95. The zero-order valence-corrected chi connectivity index (χ0v) is 14.7. The number of hydrogen-bond donors (Lipinski definition) is 0. The molecule has 1 spiro atoms. The van der Waals surface area contributed by atoms with Crippen LogP contribution in [0.5, 0.6) is 0 Å². The maximum absolute atomic E-state index is 13.1. The van der Waals surface area contributed by atoms with Crippen molar-refractivity contribution in [2.45, 2.75) is 59.8 Å². The van der Waals surface area contributed by atoms with E-state index in [1.807, 2.05) is 0 Å². The summed E-state index contributed by atoms with van der Waals surface area (Å²) >= 11 is 0. The molecular weight excluding hydrogens is 270 g/mol. The molecule has 0 bridgehead atoms. The first kappa shape index (κ1) is 15.8. The second-order valence-electron chi connectivity index (χ2n) is 8.65. The van der Waals surface area contributed by atoms with E-state index in [4.69, 9.17) is 0 Å². The molecule has 2 aliphatic carbocycles. The molecule has 2 heteroatoms. The zero-order chi connectivity index (χ0) is 16.0. The van der Waals surface area contributed by atoms with Gasteiger partial charge in [0.1, 0.15) is 0 Å². The van der Waals surface area contributed by atoms with Crippen molar-refractivity contribution in [1.82, 2.24) is 4.90 Å². The monoisotopic (exact) mass is 301 g/mol. The minimum Gasteiger partial charge on any atom is -0.342 e. The topological polar surface area (TPSA) is 20.3 Å². The molecular formula is C20H31NO. The van der Waals surface area contributed by atoms with Crippen LogP contribution in [0, 0.1) is 22.7 Å². The highest BCUT2D eigenvalue weighted by molar-refractivity contribution is 5.84. The van der Waals surface area contributed by atoms with Gasteiger partial charge in [-0.15, -0.1) is 0 Å². The Bertz CT molecular complexity index is 512. The molecule has 0 aromatic carbocycles. The Morgan fingerprint density at radius 2 is 2.00 bits per heavy atom. The summed E-state index contributed by atoms with van der Waals surface area (Å²) in [5.74, 6) is 1.06. The van der Waals surface area contributed by atoms with Crippen molar-refractivity contribution in [3.63, 3.8) is 0 Å². The Balaban J connectivity index is 1.70. The minimum absolute atomic E-state index is 0.144. The van der Waals surface area contributed by atoms with Crippen LogP contribution in [0.3, 0.4) is 0 Å². The Kier molecular flexibility index (Phi) is 3.99. The van der Waals surface area contributed by atoms with E-state index in [1.54, 1.807) is 0 Å². The molecule has 0 radical (unpaired) electrons. The van der Waals surface area contributed by atoms with E-state index in [-0.39, 0.29) is 11.3 Å². The molecule has 0 aromatic rings. The summed E-state index contributed by atoms with van der Waals surface area (Å²) in [6.45, 7) is 10.7. The summed E-state index contributed by atoms with van der Waals surface area (Å²) in [5, 5.41) is 0. The van der Waals surface area contributed by atoms with Gasteiger partial charge in [0, 0.05) is 13.1 Å². The van der Waals surface area contributed by atoms with Crippen molar-refractivity contribution < 1.29 is 4.79 Å². The molecule has 2 nitrogen and oxygen atoms in total. The highest BCUT2D eigenvalue weighted by Crippen LogP contribution is 2.60. The van der Waals surface area contributed by atoms with Crippen molar-refractivity contribution in [3.05, 3.63) is 23.8 Å². The van der Waals surface area contributed by atoms with E-state index < -0.39 is 0 Å². The van der Waals surface area contributed by atoms with Crippen molar-refractivity contribution in [3.8, 4) is 0 Å². The highest BCUT2D eigenvalue weighted by Gasteiger charge is 2.61. The Hall–Kier alpha value is -1.05. The average Bonchev–Trinajstić information content (AvgIpc) is 2.99. The quantitative estimate of drug-likeness (QED) is 0.684. The molecule has 0 unspecified atom stereocenters. The van der Waals surface area contributed by atoms with Gasteiger partial charge in [0.25, 0.3) is 0 Å². The first-order chi connectivity index (χ1) is 10.4. The second-order valence-corrected chi connectivity index (χ2v) is 8.65. The number of likely N-dealkylation sites (tertiary alicyclic amines) is 1. The lowest BCUT2D eigenvalue weighted by Gasteiger charge is -2.44. The number of piperidine rings is 1. The van der Waals surface area contributed by atoms with Crippen molar-refractivity contribution in [2.75, 3.05) is 13.1 Å². The number of nitrogens with zero attached hydrogens (tertiary/aromatic N) is 1. The third-order valence-electron chi connectivity index (χ3n) is 6.22. The molecule has 1 aliphatic heterocycles. The van der Waals surface area contributed by atoms with Crippen molar-refractivity contribution in [2.24, 2.45) is 22.7 Å². The normalized spacial score (nSPS) is 36.3. The van der Waals surface area contributed by atoms with E-state index >= 15 is 0 Å². The SMILES string of the molecule is CC(C)=C[C@@H]1[C@@H](C(=O)N2CCC[C@]3(CC=CCC3)C2)C1(C)C. The third-order valence-corrected chi connectivity index (χ3v) is 6.22. The summed E-state index contributed by atoms with van der Waals surface area (Å²) in [6, 6.07) is 0. The van der Waals surface area contributed by atoms with Crippen LogP contribution in [0.2, 0.25) is 0 Å². The molecule has 3 atom stereocenters. The van der Waals surface area contributed by atoms with Crippen molar-refractivity contribution in [1.29, 1.82) is 0 Å². The van der Waals surface area contributed by atoms with Crippen LogP contribution in [0.1, 0.15) is 59.8 Å². The van der Waals surface area contributed by atoms with Gasteiger partial charge < -0.3 is 4.90 Å². The van der Waals surface area contributed by atoms with E-state index in [1.165, 1.54) is 37.7 Å². The minimum atomic E-state index is 0.144. The summed E-state index contributed by atoms with van der Waals surface area (Å²) in [5.41, 5.74) is 1.86. The summed E-state index contributed by atoms with van der Waals surface area (Å²) < 4.78 is 0.